The van der Waals surface area contributed by atoms with Crippen LogP contribution in [-0.4, -0.2) is 14.2 Å². The van der Waals surface area contributed by atoms with E-state index in [9.17, 15) is 0 Å². The predicted octanol–water partition coefficient (Wildman–Crippen LogP) is 2.30. The average molecular weight is 164 g/mol. The number of rotatable bonds is 2. The minimum atomic E-state index is 0.608. The molecule has 0 heterocycles. The van der Waals surface area contributed by atoms with Crippen LogP contribution >= 0.6 is 0 Å². The lowest BCUT2D eigenvalue weighted by Crippen LogP contribution is -1.86. The van der Waals surface area contributed by atoms with E-state index in [4.69, 9.17) is 16.0 Å². The summed E-state index contributed by atoms with van der Waals surface area (Å²) in [5, 5.41) is 0. The van der Waals surface area contributed by atoms with Crippen LogP contribution in [-0.2, 0) is 0 Å². The smallest absolute Gasteiger partial charge is 0.381 e. The second kappa shape index (κ2) is 3.63. The van der Waals surface area contributed by atoms with Crippen molar-refractivity contribution in [2.45, 2.75) is 0 Å². The van der Waals surface area contributed by atoms with Gasteiger partial charge in [-0.25, -0.2) is 0 Å². The number of nitrogens with zero attached hydrogens (tertiary/aromatic N) is 1. The lowest BCUT2D eigenvalue weighted by molar-refractivity contribution is 0.396. The molecular weight excluding hydrogens is 154 g/mol. The van der Waals surface area contributed by atoms with E-state index in [0.29, 0.717) is 11.4 Å². The Balaban J connectivity index is 3.13. The van der Waals surface area contributed by atoms with Crippen molar-refractivity contribution in [1.82, 2.24) is 0 Å². The van der Waals surface area contributed by atoms with Crippen LogP contribution in [0.5, 0.6) is 11.5 Å². The fraction of sp³-hybridized carbons (Fsp3) is 0.222. The van der Waals surface area contributed by atoms with Gasteiger partial charge in [-0.2, -0.15) is 0 Å². The number of benzene rings is 1. The normalized spacial score (nSPS) is 8.75. The molecule has 62 valence electrons. The summed E-state index contributed by atoms with van der Waals surface area (Å²) in [5.41, 5.74) is 0.610. The van der Waals surface area contributed by atoms with E-state index in [-0.39, 0.29) is 0 Å². The van der Waals surface area contributed by atoms with Gasteiger partial charge in [0.05, 0.1) is 14.2 Å². The summed E-state index contributed by atoms with van der Waals surface area (Å²) in [6, 6.07) is 5.23. The first-order chi connectivity index (χ1) is 5.81. The quantitative estimate of drug-likeness (QED) is 0.669. The third-order valence-corrected chi connectivity index (χ3v) is 1.53. The van der Waals surface area contributed by atoms with Crippen molar-refractivity contribution in [2.24, 2.45) is 0 Å². The van der Waals surface area contributed by atoms with Crippen molar-refractivity contribution in [2.75, 3.05) is 14.2 Å². The summed E-state index contributed by atoms with van der Waals surface area (Å²) >= 11 is 0. The summed E-state index contributed by atoms with van der Waals surface area (Å²) in [5.74, 6) is 1.33. The third kappa shape index (κ3) is 1.48. The van der Waals surface area contributed by atoms with E-state index in [1.54, 1.807) is 32.4 Å². The Kier molecular flexibility index (Phi) is 2.54. The van der Waals surface area contributed by atoms with Gasteiger partial charge in [0.15, 0.2) is 0 Å². The molecule has 0 aliphatic heterocycles. The largest absolute Gasteiger partial charge is 0.497 e. The summed E-state index contributed by atoms with van der Waals surface area (Å²) in [6.45, 7) is 5.12. The predicted molar refractivity (Wildman–Crippen MR) is 47.5 cm³/mol. The second-order valence-electron chi connectivity index (χ2n) is 2.17. The van der Waals surface area contributed by atoms with Crippen LogP contribution in [0.1, 0.15) is 0 Å². The SMILES string of the molecule is C#[N+]c1ccc(OC)cc1OC. The van der Waals surface area contributed by atoms with Crippen molar-refractivity contribution >= 4 is 5.69 Å². The van der Waals surface area contributed by atoms with Crippen molar-refractivity contribution < 1.29 is 9.47 Å². The summed E-state index contributed by atoms with van der Waals surface area (Å²) < 4.78 is 10.0. The summed E-state index contributed by atoms with van der Waals surface area (Å²) in [4.78, 5) is 3.54. The van der Waals surface area contributed by atoms with Gasteiger partial charge in [-0.15, -0.1) is 0 Å². The summed E-state index contributed by atoms with van der Waals surface area (Å²) in [7, 11) is 3.15. The molecule has 0 aliphatic rings. The molecule has 3 nitrogen and oxygen atoms in total. The van der Waals surface area contributed by atoms with Gasteiger partial charge in [0.25, 0.3) is 6.57 Å². The molecule has 1 aromatic rings. The van der Waals surface area contributed by atoms with E-state index < -0.39 is 0 Å². The number of hydrogen-bond donors (Lipinski definition) is 0. The molecule has 0 saturated carbocycles. The van der Waals surface area contributed by atoms with Crippen molar-refractivity contribution in [3.05, 3.63) is 23.0 Å². The van der Waals surface area contributed by atoms with Crippen molar-refractivity contribution in [1.29, 1.82) is 0 Å². The van der Waals surface area contributed by atoms with Crippen LogP contribution in [0.25, 0.3) is 4.85 Å². The Morgan fingerprint density at radius 1 is 1.25 bits per heavy atom. The fourth-order valence-corrected chi connectivity index (χ4v) is 0.892. The molecule has 0 aromatic heterocycles. The number of hydrogen-bond acceptors (Lipinski definition) is 2. The highest BCUT2D eigenvalue weighted by Gasteiger charge is 2.11. The van der Waals surface area contributed by atoms with Gasteiger partial charge in [-0.05, 0) is 10.9 Å². The lowest BCUT2D eigenvalue weighted by Gasteiger charge is -2.00. The van der Waals surface area contributed by atoms with Gasteiger partial charge in [-0.3, -0.25) is 0 Å². The van der Waals surface area contributed by atoms with Crippen LogP contribution in [0.4, 0.5) is 5.69 Å². The molecule has 1 aromatic carbocycles. The van der Waals surface area contributed by atoms with Crippen LogP contribution in [0.2, 0.25) is 0 Å². The maximum absolute atomic E-state index is 5.12. The number of methoxy groups -OCH3 is 2. The first kappa shape index (κ1) is 8.41. The molecular formula is C9H10NO2+. The molecule has 0 atom stereocenters. The highest BCUT2D eigenvalue weighted by atomic mass is 16.5. The maximum atomic E-state index is 5.12. The minimum Gasteiger partial charge on any atom is -0.497 e. The van der Waals surface area contributed by atoms with Gasteiger partial charge in [0.1, 0.15) is 5.75 Å². The monoisotopic (exact) mass is 164 g/mol. The van der Waals surface area contributed by atoms with E-state index in [0.717, 1.165) is 5.75 Å². The van der Waals surface area contributed by atoms with Gasteiger partial charge < -0.3 is 9.47 Å². The van der Waals surface area contributed by atoms with E-state index >= 15 is 0 Å². The molecule has 3 heteroatoms. The Labute approximate surface area is 71.4 Å². The molecule has 0 fully saturated rings. The Morgan fingerprint density at radius 2 is 2.00 bits per heavy atom. The molecule has 0 spiro atoms. The molecule has 0 unspecified atom stereocenters. The van der Waals surface area contributed by atoms with E-state index in [2.05, 4.69) is 4.85 Å². The molecule has 0 N–H and O–H groups in total. The molecule has 0 radical (unpaired) electrons. The molecule has 12 heavy (non-hydrogen) atoms. The molecule has 0 amide bonds. The van der Waals surface area contributed by atoms with Gasteiger partial charge >= 0.3 is 5.69 Å². The fourth-order valence-electron chi connectivity index (χ4n) is 0.892. The highest BCUT2D eigenvalue weighted by Crippen LogP contribution is 2.30. The average Bonchev–Trinajstić information content (AvgIpc) is 2.16. The molecule has 0 bridgehead atoms. The summed E-state index contributed by atoms with van der Waals surface area (Å²) in [6.07, 6.45) is 0. The first-order valence-electron chi connectivity index (χ1n) is 3.44. The Bertz CT molecular complexity index is 315. The number of ether oxygens (including phenoxy) is 2. The maximum Gasteiger partial charge on any atom is 0.381 e. The molecule has 0 saturated heterocycles. The molecule has 0 aliphatic carbocycles. The van der Waals surface area contributed by atoms with Gasteiger partial charge in [0, 0.05) is 12.1 Å². The zero-order chi connectivity index (χ0) is 8.97. The van der Waals surface area contributed by atoms with Crippen LogP contribution in [0.15, 0.2) is 18.2 Å². The van der Waals surface area contributed by atoms with Crippen molar-refractivity contribution in [3.63, 3.8) is 0 Å². The molecule has 1 rings (SSSR count). The van der Waals surface area contributed by atoms with Gasteiger partial charge in [-0.1, -0.05) is 0 Å². The minimum absolute atomic E-state index is 0.608. The third-order valence-electron chi connectivity index (χ3n) is 1.53. The van der Waals surface area contributed by atoms with Gasteiger partial charge in [0.2, 0.25) is 5.75 Å². The standard InChI is InChI=1S/C9H10NO2/c1-10-8-5-4-7(11-2)6-9(8)12-3/h1,4-6H,2-3H3/q+1. The first-order valence-corrected chi connectivity index (χ1v) is 3.44. The Morgan fingerprint density at radius 3 is 2.50 bits per heavy atom. The highest BCUT2D eigenvalue weighted by molar-refractivity contribution is 5.60. The van der Waals surface area contributed by atoms with Crippen LogP contribution in [0.3, 0.4) is 0 Å². The van der Waals surface area contributed by atoms with Crippen molar-refractivity contribution in [3.8, 4) is 18.1 Å². The van der Waals surface area contributed by atoms with E-state index in [1.807, 2.05) is 0 Å². The van der Waals surface area contributed by atoms with Crippen LogP contribution in [0, 0.1) is 6.57 Å². The zero-order valence-electron chi connectivity index (χ0n) is 7.07. The second-order valence-corrected chi connectivity index (χ2v) is 2.17. The van der Waals surface area contributed by atoms with E-state index in [1.165, 1.54) is 0 Å². The Hall–Kier alpha value is -1.69. The van der Waals surface area contributed by atoms with Crippen LogP contribution < -0.4 is 9.47 Å². The zero-order valence-corrected chi connectivity index (χ0v) is 7.07. The topological polar surface area (TPSA) is 22.8 Å². The lowest BCUT2D eigenvalue weighted by atomic mass is 10.3.